The number of nitrogens with two attached hydrogens (primary N) is 1. The second-order valence-corrected chi connectivity index (χ2v) is 4.36. The zero-order chi connectivity index (χ0) is 13.1. The van der Waals surface area contributed by atoms with Crippen molar-refractivity contribution in [1.82, 2.24) is 0 Å². The minimum absolute atomic E-state index is 0.0581. The van der Waals surface area contributed by atoms with E-state index in [-0.39, 0.29) is 12.0 Å². The summed E-state index contributed by atoms with van der Waals surface area (Å²) in [5.74, 6) is -0.0581. The Morgan fingerprint density at radius 2 is 1.94 bits per heavy atom. The smallest absolute Gasteiger partial charge is 0.327 e. The SMILES string of the molecule is CCCC(N)C(C)c1cccc(C(F)(F)F)c1. The Morgan fingerprint density at radius 1 is 1.29 bits per heavy atom. The summed E-state index contributed by atoms with van der Waals surface area (Å²) in [5.41, 5.74) is 5.99. The molecule has 1 rings (SSSR count). The maximum absolute atomic E-state index is 12.5. The number of alkyl halides is 3. The molecule has 0 radical (unpaired) electrons. The minimum atomic E-state index is -4.29. The van der Waals surface area contributed by atoms with E-state index in [1.807, 2.05) is 13.8 Å². The molecule has 0 spiro atoms. The van der Waals surface area contributed by atoms with Crippen molar-refractivity contribution in [3.63, 3.8) is 0 Å². The number of halogens is 3. The van der Waals surface area contributed by atoms with Gasteiger partial charge in [0.1, 0.15) is 0 Å². The van der Waals surface area contributed by atoms with Crippen LogP contribution in [0.25, 0.3) is 0 Å². The van der Waals surface area contributed by atoms with Crippen molar-refractivity contribution >= 4 is 0 Å². The van der Waals surface area contributed by atoms with E-state index >= 15 is 0 Å². The monoisotopic (exact) mass is 245 g/mol. The lowest BCUT2D eigenvalue weighted by Gasteiger charge is -2.20. The van der Waals surface area contributed by atoms with Crippen LogP contribution in [0.3, 0.4) is 0 Å². The van der Waals surface area contributed by atoms with Gasteiger partial charge < -0.3 is 5.73 Å². The van der Waals surface area contributed by atoms with Gasteiger partial charge in [-0.05, 0) is 24.0 Å². The molecule has 1 nitrogen and oxygen atoms in total. The molecule has 0 bridgehead atoms. The van der Waals surface area contributed by atoms with Gasteiger partial charge in [-0.15, -0.1) is 0 Å². The lowest BCUT2D eigenvalue weighted by Crippen LogP contribution is -2.26. The maximum atomic E-state index is 12.5. The molecule has 0 aliphatic heterocycles. The minimum Gasteiger partial charge on any atom is -0.327 e. The predicted molar refractivity (Wildman–Crippen MR) is 62.7 cm³/mol. The van der Waals surface area contributed by atoms with Crippen molar-refractivity contribution in [1.29, 1.82) is 0 Å². The third-order valence-electron chi connectivity index (χ3n) is 3.00. The molecule has 2 atom stereocenters. The Morgan fingerprint density at radius 3 is 2.47 bits per heavy atom. The van der Waals surface area contributed by atoms with Gasteiger partial charge in [0.15, 0.2) is 0 Å². The highest BCUT2D eigenvalue weighted by molar-refractivity contribution is 5.28. The number of hydrogen-bond acceptors (Lipinski definition) is 1. The van der Waals surface area contributed by atoms with E-state index in [0.29, 0.717) is 5.56 Å². The van der Waals surface area contributed by atoms with Crippen LogP contribution in [0.1, 0.15) is 43.7 Å². The molecule has 2 N–H and O–H groups in total. The highest BCUT2D eigenvalue weighted by atomic mass is 19.4. The van der Waals surface area contributed by atoms with Crippen molar-refractivity contribution in [2.24, 2.45) is 5.73 Å². The normalized spacial score (nSPS) is 15.6. The Hall–Kier alpha value is -1.03. The second kappa shape index (κ2) is 5.54. The van der Waals surface area contributed by atoms with Crippen LogP contribution in [0.15, 0.2) is 24.3 Å². The summed E-state index contributed by atoms with van der Waals surface area (Å²) in [6, 6.07) is 5.33. The quantitative estimate of drug-likeness (QED) is 0.854. The average Bonchev–Trinajstić information content (AvgIpc) is 2.27. The highest BCUT2D eigenvalue weighted by Crippen LogP contribution is 2.31. The van der Waals surface area contributed by atoms with Gasteiger partial charge in [0, 0.05) is 6.04 Å². The standard InChI is InChI=1S/C13H18F3N/c1-3-5-12(17)9(2)10-6-4-7-11(8-10)13(14,15)16/h4,6-9,12H,3,5,17H2,1-2H3. The molecule has 0 amide bonds. The second-order valence-electron chi connectivity index (χ2n) is 4.36. The molecule has 1 aromatic rings. The topological polar surface area (TPSA) is 26.0 Å². The number of rotatable bonds is 4. The van der Waals surface area contributed by atoms with Crippen LogP contribution in [0.5, 0.6) is 0 Å². The summed E-state index contributed by atoms with van der Waals surface area (Å²) < 4.78 is 37.6. The summed E-state index contributed by atoms with van der Waals surface area (Å²) in [5, 5.41) is 0. The molecule has 0 aliphatic rings. The fraction of sp³-hybridized carbons (Fsp3) is 0.538. The highest BCUT2D eigenvalue weighted by Gasteiger charge is 2.31. The van der Waals surface area contributed by atoms with E-state index in [2.05, 4.69) is 0 Å². The Labute approximate surface area is 99.8 Å². The molecule has 0 heterocycles. The summed E-state index contributed by atoms with van der Waals surface area (Å²) in [6.45, 7) is 3.88. The molecular weight excluding hydrogens is 227 g/mol. The Balaban J connectivity index is 2.92. The van der Waals surface area contributed by atoms with Crippen LogP contribution < -0.4 is 5.73 Å². The van der Waals surface area contributed by atoms with E-state index in [1.54, 1.807) is 6.07 Å². The molecule has 96 valence electrons. The van der Waals surface area contributed by atoms with Crippen molar-refractivity contribution in [3.05, 3.63) is 35.4 Å². The van der Waals surface area contributed by atoms with Crippen LogP contribution in [0.2, 0.25) is 0 Å². The number of benzene rings is 1. The van der Waals surface area contributed by atoms with Gasteiger partial charge in [-0.2, -0.15) is 13.2 Å². The van der Waals surface area contributed by atoms with Gasteiger partial charge in [0.05, 0.1) is 5.56 Å². The fourth-order valence-corrected chi connectivity index (χ4v) is 1.83. The van der Waals surface area contributed by atoms with Gasteiger partial charge in [0.25, 0.3) is 0 Å². The summed E-state index contributed by atoms with van der Waals surface area (Å²) >= 11 is 0. The lowest BCUT2D eigenvalue weighted by atomic mass is 9.90. The molecule has 17 heavy (non-hydrogen) atoms. The fourth-order valence-electron chi connectivity index (χ4n) is 1.83. The molecule has 0 aromatic heterocycles. The van der Waals surface area contributed by atoms with Crippen LogP contribution in [-0.4, -0.2) is 6.04 Å². The van der Waals surface area contributed by atoms with Gasteiger partial charge in [-0.1, -0.05) is 38.5 Å². The number of hydrogen-bond donors (Lipinski definition) is 1. The van der Waals surface area contributed by atoms with Gasteiger partial charge in [-0.3, -0.25) is 0 Å². The van der Waals surface area contributed by atoms with E-state index in [9.17, 15) is 13.2 Å². The van der Waals surface area contributed by atoms with Crippen LogP contribution >= 0.6 is 0 Å². The van der Waals surface area contributed by atoms with Crippen LogP contribution in [-0.2, 0) is 6.18 Å². The summed E-state index contributed by atoms with van der Waals surface area (Å²) in [6.07, 6.45) is -2.54. The molecule has 0 saturated heterocycles. The third-order valence-corrected chi connectivity index (χ3v) is 3.00. The zero-order valence-corrected chi connectivity index (χ0v) is 10.1. The van der Waals surface area contributed by atoms with Crippen LogP contribution in [0.4, 0.5) is 13.2 Å². The Kier molecular flexibility index (Phi) is 4.57. The predicted octanol–water partition coefficient (Wildman–Crippen LogP) is 3.94. The first-order chi connectivity index (χ1) is 7.86. The van der Waals surface area contributed by atoms with Crippen LogP contribution in [0, 0.1) is 0 Å². The van der Waals surface area contributed by atoms with Gasteiger partial charge >= 0.3 is 6.18 Å². The van der Waals surface area contributed by atoms with E-state index in [0.717, 1.165) is 18.9 Å². The molecule has 1 aromatic carbocycles. The van der Waals surface area contributed by atoms with E-state index in [1.165, 1.54) is 12.1 Å². The first kappa shape index (κ1) is 14.0. The maximum Gasteiger partial charge on any atom is 0.416 e. The van der Waals surface area contributed by atoms with Gasteiger partial charge in [0.2, 0.25) is 0 Å². The Bertz CT molecular complexity index is 360. The zero-order valence-electron chi connectivity index (χ0n) is 10.1. The lowest BCUT2D eigenvalue weighted by molar-refractivity contribution is -0.137. The molecule has 0 saturated carbocycles. The third kappa shape index (κ3) is 3.73. The average molecular weight is 245 g/mol. The summed E-state index contributed by atoms with van der Waals surface area (Å²) in [4.78, 5) is 0. The van der Waals surface area contributed by atoms with Gasteiger partial charge in [-0.25, -0.2) is 0 Å². The van der Waals surface area contributed by atoms with E-state index in [4.69, 9.17) is 5.73 Å². The molecule has 0 fully saturated rings. The largest absolute Gasteiger partial charge is 0.416 e. The summed E-state index contributed by atoms with van der Waals surface area (Å²) in [7, 11) is 0. The molecule has 0 aliphatic carbocycles. The molecule has 2 unspecified atom stereocenters. The first-order valence-electron chi connectivity index (χ1n) is 5.79. The molecular formula is C13H18F3N. The van der Waals surface area contributed by atoms with Crippen molar-refractivity contribution in [2.75, 3.05) is 0 Å². The molecule has 4 heteroatoms. The van der Waals surface area contributed by atoms with Crippen molar-refractivity contribution in [3.8, 4) is 0 Å². The van der Waals surface area contributed by atoms with E-state index < -0.39 is 11.7 Å². The first-order valence-corrected chi connectivity index (χ1v) is 5.79. The van der Waals surface area contributed by atoms with Crippen molar-refractivity contribution in [2.45, 2.75) is 44.8 Å². The van der Waals surface area contributed by atoms with Crippen molar-refractivity contribution < 1.29 is 13.2 Å².